The first-order chi connectivity index (χ1) is 8.17. The van der Waals surface area contributed by atoms with Crippen LogP contribution < -0.4 is 5.73 Å². The minimum absolute atomic E-state index is 0.0438. The Kier molecular flexibility index (Phi) is 2.87. The first-order valence-electron chi connectivity index (χ1n) is 6.96. The quantitative estimate of drug-likeness (QED) is 0.774. The molecular formula is C13H23N3O. The van der Waals surface area contributed by atoms with Crippen LogP contribution in [-0.2, 0) is 4.79 Å². The standard InChI is InChI=1S/C13H23N3O/c14-13(11-4-5-11)9-15(10-13)8-12(17)16-6-2-1-3-7-16/h11H,1-10,14H2. The zero-order valence-corrected chi connectivity index (χ0v) is 10.5. The maximum atomic E-state index is 12.0. The minimum atomic E-state index is 0.0438. The van der Waals surface area contributed by atoms with Gasteiger partial charge in [0.25, 0.3) is 0 Å². The van der Waals surface area contributed by atoms with Gasteiger partial charge in [0.05, 0.1) is 6.54 Å². The fraction of sp³-hybridized carbons (Fsp3) is 0.923. The lowest BCUT2D eigenvalue weighted by atomic mass is 9.86. The van der Waals surface area contributed by atoms with E-state index in [1.807, 2.05) is 4.90 Å². The smallest absolute Gasteiger partial charge is 0.236 e. The maximum Gasteiger partial charge on any atom is 0.236 e. The lowest BCUT2D eigenvalue weighted by Gasteiger charge is -2.48. The summed E-state index contributed by atoms with van der Waals surface area (Å²) in [7, 11) is 0. The van der Waals surface area contributed by atoms with Gasteiger partial charge in [0.15, 0.2) is 0 Å². The number of nitrogens with two attached hydrogens (primary N) is 1. The van der Waals surface area contributed by atoms with Gasteiger partial charge in [-0.1, -0.05) is 0 Å². The summed E-state index contributed by atoms with van der Waals surface area (Å²) in [5, 5.41) is 0. The van der Waals surface area contributed by atoms with Gasteiger partial charge < -0.3 is 10.6 Å². The van der Waals surface area contributed by atoms with Crippen LogP contribution in [0, 0.1) is 5.92 Å². The van der Waals surface area contributed by atoms with Crippen molar-refractivity contribution in [1.82, 2.24) is 9.80 Å². The first-order valence-corrected chi connectivity index (χ1v) is 6.96. The Morgan fingerprint density at radius 3 is 2.41 bits per heavy atom. The van der Waals surface area contributed by atoms with E-state index in [1.54, 1.807) is 0 Å². The van der Waals surface area contributed by atoms with Crippen LogP contribution in [-0.4, -0.2) is 54.0 Å². The molecule has 2 saturated heterocycles. The van der Waals surface area contributed by atoms with E-state index in [0.29, 0.717) is 12.5 Å². The molecule has 4 heteroatoms. The molecule has 1 amide bonds. The second-order valence-electron chi connectivity index (χ2n) is 6.09. The van der Waals surface area contributed by atoms with Crippen molar-refractivity contribution in [2.24, 2.45) is 11.7 Å². The van der Waals surface area contributed by atoms with Gasteiger partial charge in [0, 0.05) is 31.7 Å². The molecular weight excluding hydrogens is 214 g/mol. The molecule has 96 valence electrons. The van der Waals surface area contributed by atoms with Crippen molar-refractivity contribution in [2.45, 2.75) is 37.6 Å². The van der Waals surface area contributed by atoms with Gasteiger partial charge in [-0.2, -0.15) is 0 Å². The monoisotopic (exact) mass is 237 g/mol. The highest BCUT2D eigenvalue weighted by Gasteiger charge is 2.50. The van der Waals surface area contributed by atoms with Crippen LogP contribution in [0.4, 0.5) is 0 Å². The highest BCUT2D eigenvalue weighted by atomic mass is 16.2. The van der Waals surface area contributed by atoms with Gasteiger partial charge in [0.1, 0.15) is 0 Å². The molecule has 0 aromatic rings. The molecule has 0 aromatic heterocycles. The van der Waals surface area contributed by atoms with Crippen LogP contribution >= 0.6 is 0 Å². The topological polar surface area (TPSA) is 49.6 Å². The summed E-state index contributed by atoms with van der Waals surface area (Å²) in [6, 6.07) is 0. The van der Waals surface area contributed by atoms with Crippen LogP contribution in [0.15, 0.2) is 0 Å². The van der Waals surface area contributed by atoms with Crippen molar-refractivity contribution in [1.29, 1.82) is 0 Å². The molecule has 2 heterocycles. The van der Waals surface area contributed by atoms with Crippen molar-refractivity contribution in [2.75, 3.05) is 32.7 Å². The van der Waals surface area contributed by atoms with Gasteiger partial charge in [0.2, 0.25) is 5.91 Å². The average Bonchev–Trinajstić information content (AvgIpc) is 3.12. The fourth-order valence-corrected chi connectivity index (χ4v) is 3.25. The van der Waals surface area contributed by atoms with Crippen molar-refractivity contribution >= 4 is 5.91 Å². The predicted octanol–water partition coefficient (Wildman–Crippen LogP) is 0.422. The van der Waals surface area contributed by atoms with E-state index in [9.17, 15) is 4.79 Å². The van der Waals surface area contributed by atoms with Crippen molar-refractivity contribution in [3.8, 4) is 0 Å². The zero-order chi connectivity index (χ0) is 11.9. The average molecular weight is 237 g/mol. The first kappa shape index (κ1) is 11.5. The minimum Gasteiger partial charge on any atom is -0.342 e. The molecule has 0 atom stereocenters. The third-order valence-corrected chi connectivity index (χ3v) is 4.49. The molecule has 2 N–H and O–H groups in total. The second kappa shape index (κ2) is 4.25. The molecule has 0 radical (unpaired) electrons. The Bertz CT molecular complexity index is 302. The summed E-state index contributed by atoms with van der Waals surface area (Å²) in [4.78, 5) is 16.3. The van der Waals surface area contributed by atoms with E-state index in [2.05, 4.69) is 4.90 Å². The van der Waals surface area contributed by atoms with Crippen molar-refractivity contribution < 1.29 is 4.79 Å². The Morgan fingerprint density at radius 1 is 1.18 bits per heavy atom. The van der Waals surface area contributed by atoms with Crippen LogP contribution in [0.5, 0.6) is 0 Å². The van der Waals surface area contributed by atoms with Crippen molar-refractivity contribution in [3.05, 3.63) is 0 Å². The number of rotatable bonds is 3. The van der Waals surface area contributed by atoms with Crippen LogP contribution in [0.3, 0.4) is 0 Å². The van der Waals surface area contributed by atoms with Gasteiger partial charge in [-0.3, -0.25) is 9.69 Å². The highest BCUT2D eigenvalue weighted by Crippen LogP contribution is 2.42. The molecule has 0 unspecified atom stereocenters. The molecule has 1 saturated carbocycles. The maximum absolute atomic E-state index is 12.0. The highest BCUT2D eigenvalue weighted by molar-refractivity contribution is 5.78. The van der Waals surface area contributed by atoms with E-state index in [1.165, 1.54) is 32.1 Å². The zero-order valence-electron chi connectivity index (χ0n) is 10.5. The number of likely N-dealkylation sites (tertiary alicyclic amines) is 2. The van der Waals surface area contributed by atoms with Gasteiger partial charge in [-0.05, 0) is 38.0 Å². The Hall–Kier alpha value is -0.610. The Balaban J connectivity index is 1.43. The molecule has 1 aliphatic carbocycles. The molecule has 2 aliphatic heterocycles. The summed E-state index contributed by atoms with van der Waals surface area (Å²) < 4.78 is 0. The van der Waals surface area contributed by atoms with Crippen LogP contribution in [0.25, 0.3) is 0 Å². The second-order valence-corrected chi connectivity index (χ2v) is 6.09. The van der Waals surface area contributed by atoms with E-state index in [4.69, 9.17) is 5.73 Å². The Morgan fingerprint density at radius 2 is 1.82 bits per heavy atom. The van der Waals surface area contributed by atoms with Gasteiger partial charge >= 0.3 is 0 Å². The number of amides is 1. The number of piperidine rings is 1. The molecule has 0 bridgehead atoms. The van der Waals surface area contributed by atoms with E-state index in [0.717, 1.165) is 32.1 Å². The summed E-state index contributed by atoms with van der Waals surface area (Å²) >= 11 is 0. The van der Waals surface area contributed by atoms with E-state index >= 15 is 0 Å². The number of carbonyl (C=O) groups is 1. The third-order valence-electron chi connectivity index (χ3n) is 4.49. The van der Waals surface area contributed by atoms with E-state index in [-0.39, 0.29) is 5.54 Å². The predicted molar refractivity (Wildman–Crippen MR) is 66.5 cm³/mol. The summed E-state index contributed by atoms with van der Waals surface area (Å²) in [5.74, 6) is 1.05. The van der Waals surface area contributed by atoms with Crippen molar-refractivity contribution in [3.63, 3.8) is 0 Å². The lowest BCUT2D eigenvalue weighted by Crippen LogP contribution is -2.69. The SMILES string of the molecule is NC1(C2CC2)CN(CC(=O)N2CCCCC2)C1. The van der Waals surface area contributed by atoms with Gasteiger partial charge in [-0.25, -0.2) is 0 Å². The molecule has 0 aromatic carbocycles. The summed E-state index contributed by atoms with van der Waals surface area (Å²) in [6.45, 7) is 4.37. The lowest BCUT2D eigenvalue weighted by molar-refractivity contribution is -0.135. The number of nitrogens with zero attached hydrogens (tertiary/aromatic N) is 2. The van der Waals surface area contributed by atoms with Crippen LogP contribution in [0.2, 0.25) is 0 Å². The molecule has 3 fully saturated rings. The fourth-order valence-electron chi connectivity index (χ4n) is 3.25. The number of hydrogen-bond acceptors (Lipinski definition) is 3. The molecule has 4 nitrogen and oxygen atoms in total. The third kappa shape index (κ3) is 2.33. The molecule has 3 aliphatic rings. The normalized spacial score (nSPS) is 28.9. The molecule has 17 heavy (non-hydrogen) atoms. The number of carbonyl (C=O) groups excluding carboxylic acids is 1. The largest absolute Gasteiger partial charge is 0.342 e. The Labute approximate surface area is 103 Å². The van der Waals surface area contributed by atoms with Crippen LogP contribution in [0.1, 0.15) is 32.1 Å². The summed E-state index contributed by atoms with van der Waals surface area (Å²) in [6.07, 6.45) is 6.22. The van der Waals surface area contributed by atoms with Gasteiger partial charge in [-0.15, -0.1) is 0 Å². The molecule has 0 spiro atoms. The number of hydrogen-bond donors (Lipinski definition) is 1. The molecule has 3 rings (SSSR count). The van der Waals surface area contributed by atoms with E-state index < -0.39 is 0 Å². The summed E-state index contributed by atoms with van der Waals surface area (Å²) in [5.41, 5.74) is 6.33.